The molecule has 0 radical (unpaired) electrons. The van der Waals surface area contributed by atoms with Gasteiger partial charge in [-0.2, -0.15) is 0 Å². The van der Waals surface area contributed by atoms with Crippen LogP contribution in [0.4, 0.5) is 0 Å². The average Bonchev–Trinajstić information content (AvgIpc) is 2.15. The van der Waals surface area contributed by atoms with Crippen molar-refractivity contribution in [2.75, 3.05) is 7.11 Å². The zero-order chi connectivity index (χ0) is 10.6. The van der Waals surface area contributed by atoms with Gasteiger partial charge in [0, 0.05) is 6.42 Å². The number of esters is 1. The van der Waals surface area contributed by atoms with Crippen LogP contribution < -0.4 is 0 Å². The molecule has 1 rings (SSSR count). The highest BCUT2D eigenvalue weighted by Gasteiger charge is 2.18. The normalized spacial score (nSPS) is 27.1. The number of hydrogen-bond donors (Lipinski definition) is 1. The summed E-state index contributed by atoms with van der Waals surface area (Å²) >= 11 is 0. The van der Waals surface area contributed by atoms with Crippen LogP contribution in [0.5, 0.6) is 0 Å². The lowest BCUT2D eigenvalue weighted by molar-refractivity contribution is -0.136. The quantitative estimate of drug-likeness (QED) is 0.655. The Hall–Kier alpha value is -1.25. The molecule has 0 aromatic rings. The number of ether oxygens (including phenoxy) is 1. The second kappa shape index (κ2) is 4.84. The van der Waals surface area contributed by atoms with Crippen LogP contribution >= 0.6 is 0 Å². The number of carbonyl (C=O) groups excluding carboxylic acids is 1. The summed E-state index contributed by atoms with van der Waals surface area (Å²) in [4.78, 5) is 11.4. The number of aliphatic hydroxyl groups is 1. The third-order valence-electron chi connectivity index (χ3n) is 2.39. The van der Waals surface area contributed by atoms with E-state index in [1.54, 1.807) is 0 Å². The lowest BCUT2D eigenvalue weighted by Gasteiger charge is -2.12. The molecule has 1 N–H and O–H groups in total. The van der Waals surface area contributed by atoms with Crippen LogP contribution in [-0.2, 0) is 9.53 Å². The average molecular weight is 196 g/mol. The first-order valence-corrected chi connectivity index (χ1v) is 4.84. The van der Waals surface area contributed by atoms with E-state index in [0.717, 1.165) is 24.8 Å². The minimum atomic E-state index is -0.446. The summed E-state index contributed by atoms with van der Waals surface area (Å²) in [6.07, 6.45) is 5.46. The van der Waals surface area contributed by atoms with Crippen LogP contribution in [0.3, 0.4) is 0 Å². The maximum Gasteiger partial charge on any atom is 0.341 e. The molecule has 1 aliphatic carbocycles. The van der Waals surface area contributed by atoms with Crippen molar-refractivity contribution in [2.24, 2.45) is 0 Å². The van der Waals surface area contributed by atoms with Gasteiger partial charge in [0.05, 0.1) is 12.7 Å². The second-order valence-electron chi connectivity index (χ2n) is 3.45. The fourth-order valence-electron chi connectivity index (χ4n) is 1.59. The highest BCUT2D eigenvalue weighted by molar-refractivity contribution is 5.93. The van der Waals surface area contributed by atoms with E-state index in [4.69, 9.17) is 0 Å². The summed E-state index contributed by atoms with van der Waals surface area (Å²) < 4.78 is 4.63. The Morgan fingerprint density at radius 2 is 2.21 bits per heavy atom. The van der Waals surface area contributed by atoms with E-state index in [2.05, 4.69) is 4.74 Å². The van der Waals surface area contributed by atoms with Crippen molar-refractivity contribution in [3.05, 3.63) is 23.0 Å². The van der Waals surface area contributed by atoms with Crippen LogP contribution in [0, 0.1) is 0 Å². The van der Waals surface area contributed by atoms with Gasteiger partial charge in [-0.1, -0.05) is 6.08 Å². The van der Waals surface area contributed by atoms with Gasteiger partial charge < -0.3 is 9.84 Å². The van der Waals surface area contributed by atoms with Gasteiger partial charge in [0.2, 0.25) is 0 Å². The van der Waals surface area contributed by atoms with Crippen molar-refractivity contribution in [1.29, 1.82) is 0 Å². The van der Waals surface area contributed by atoms with Crippen molar-refractivity contribution < 1.29 is 14.6 Å². The van der Waals surface area contributed by atoms with E-state index < -0.39 is 5.97 Å². The van der Waals surface area contributed by atoms with Gasteiger partial charge in [0.1, 0.15) is 5.76 Å². The summed E-state index contributed by atoms with van der Waals surface area (Å²) in [5, 5.41) is 9.68. The Morgan fingerprint density at radius 3 is 2.86 bits per heavy atom. The topological polar surface area (TPSA) is 46.5 Å². The summed E-state index contributed by atoms with van der Waals surface area (Å²) in [5.41, 5.74) is 1.15. The van der Waals surface area contributed by atoms with Gasteiger partial charge in [0.25, 0.3) is 0 Å². The van der Waals surface area contributed by atoms with E-state index >= 15 is 0 Å². The molecule has 0 amide bonds. The molecule has 3 nitrogen and oxygen atoms in total. The lowest BCUT2D eigenvalue weighted by atomic mass is 9.98. The number of methoxy groups -OCH3 is 1. The first-order chi connectivity index (χ1) is 6.66. The fraction of sp³-hybridized carbons (Fsp3) is 0.545. The maximum absolute atomic E-state index is 11.4. The molecule has 14 heavy (non-hydrogen) atoms. The highest BCUT2D eigenvalue weighted by Crippen LogP contribution is 2.22. The largest absolute Gasteiger partial charge is 0.511 e. The van der Waals surface area contributed by atoms with E-state index in [-0.39, 0.29) is 5.76 Å². The smallest absolute Gasteiger partial charge is 0.341 e. The summed E-state index contributed by atoms with van der Waals surface area (Å²) in [6.45, 7) is 1.83. The van der Waals surface area contributed by atoms with E-state index in [1.807, 2.05) is 13.0 Å². The van der Waals surface area contributed by atoms with Crippen LogP contribution in [0.25, 0.3) is 0 Å². The van der Waals surface area contributed by atoms with Crippen LogP contribution in [-0.4, -0.2) is 18.2 Å². The Bertz CT molecular complexity index is 287. The van der Waals surface area contributed by atoms with Gasteiger partial charge in [-0.05, 0) is 31.8 Å². The Morgan fingerprint density at radius 1 is 1.50 bits per heavy atom. The molecule has 0 saturated carbocycles. The molecule has 0 unspecified atom stereocenters. The summed E-state index contributed by atoms with van der Waals surface area (Å²) in [7, 11) is 1.33. The first-order valence-electron chi connectivity index (χ1n) is 4.84. The summed E-state index contributed by atoms with van der Waals surface area (Å²) in [5.74, 6) is -0.288. The summed E-state index contributed by atoms with van der Waals surface area (Å²) in [6, 6.07) is 0. The lowest BCUT2D eigenvalue weighted by Crippen LogP contribution is -2.10. The second-order valence-corrected chi connectivity index (χ2v) is 3.45. The molecular weight excluding hydrogens is 180 g/mol. The zero-order valence-corrected chi connectivity index (χ0v) is 8.67. The molecule has 0 saturated heterocycles. The number of hydrogen-bond acceptors (Lipinski definition) is 3. The third kappa shape index (κ3) is 2.37. The van der Waals surface area contributed by atoms with E-state index in [0.29, 0.717) is 12.0 Å². The molecule has 0 aliphatic heterocycles. The molecular formula is C11H16O3. The maximum atomic E-state index is 11.4. The number of allylic oxidation sites excluding steroid dienone is 2. The molecule has 0 bridgehead atoms. The van der Waals surface area contributed by atoms with Gasteiger partial charge >= 0.3 is 5.97 Å². The van der Waals surface area contributed by atoms with Crippen LogP contribution in [0.15, 0.2) is 23.0 Å². The van der Waals surface area contributed by atoms with Gasteiger partial charge in [-0.25, -0.2) is 4.79 Å². The van der Waals surface area contributed by atoms with Crippen molar-refractivity contribution in [1.82, 2.24) is 0 Å². The molecule has 0 heterocycles. The standard InChI is InChI=1S/C11H16O3/c1-8-6-4-3-5-7-9(12)10(8)11(13)14-2/h6,12H,3-5,7H2,1-2H3/b8-6-,10-9-. The molecule has 0 aromatic carbocycles. The number of rotatable bonds is 1. The van der Waals surface area contributed by atoms with Crippen molar-refractivity contribution in [3.8, 4) is 0 Å². The number of aliphatic hydroxyl groups excluding tert-OH is 1. The minimum Gasteiger partial charge on any atom is -0.511 e. The zero-order valence-electron chi connectivity index (χ0n) is 8.67. The molecule has 0 atom stereocenters. The number of carbonyl (C=O) groups is 1. The van der Waals surface area contributed by atoms with Crippen molar-refractivity contribution >= 4 is 5.97 Å². The predicted molar refractivity (Wildman–Crippen MR) is 53.9 cm³/mol. The first kappa shape index (κ1) is 10.8. The van der Waals surface area contributed by atoms with Crippen LogP contribution in [0.1, 0.15) is 32.6 Å². The third-order valence-corrected chi connectivity index (χ3v) is 2.39. The van der Waals surface area contributed by atoms with Gasteiger partial charge in [-0.3, -0.25) is 0 Å². The molecule has 0 aromatic heterocycles. The predicted octanol–water partition coefficient (Wildman–Crippen LogP) is 2.49. The Kier molecular flexibility index (Phi) is 3.74. The molecule has 78 valence electrons. The van der Waals surface area contributed by atoms with E-state index in [1.165, 1.54) is 7.11 Å². The highest BCUT2D eigenvalue weighted by atomic mass is 16.5. The Balaban J connectivity index is 3.02. The fourth-order valence-corrected chi connectivity index (χ4v) is 1.59. The van der Waals surface area contributed by atoms with Gasteiger partial charge in [0.15, 0.2) is 0 Å². The van der Waals surface area contributed by atoms with Crippen molar-refractivity contribution in [2.45, 2.75) is 32.6 Å². The van der Waals surface area contributed by atoms with E-state index in [9.17, 15) is 9.90 Å². The monoisotopic (exact) mass is 196 g/mol. The van der Waals surface area contributed by atoms with Gasteiger partial charge in [-0.15, -0.1) is 0 Å². The SMILES string of the molecule is COC(=O)C1=C(\O)CCCC/C=C\1C. The Labute approximate surface area is 84.1 Å². The van der Waals surface area contributed by atoms with Crippen LogP contribution in [0.2, 0.25) is 0 Å². The minimum absolute atomic E-state index is 0.158. The molecule has 0 fully saturated rings. The molecule has 1 aliphatic rings. The van der Waals surface area contributed by atoms with Crippen molar-refractivity contribution in [3.63, 3.8) is 0 Å². The molecule has 3 heteroatoms. The molecule has 0 spiro atoms.